The molecule has 0 aromatic rings. The first-order chi connectivity index (χ1) is 5.54. The van der Waals surface area contributed by atoms with Crippen LogP contribution in [0, 0.1) is 0 Å². The molecule has 0 aromatic heterocycles. The molecule has 0 unspecified atom stereocenters. The van der Waals surface area contributed by atoms with Gasteiger partial charge in [0, 0.05) is 0 Å². The zero-order valence-corrected chi connectivity index (χ0v) is 6.17. The molecule has 0 aromatic carbocycles. The molecule has 0 saturated heterocycles. The van der Waals surface area contributed by atoms with Crippen molar-refractivity contribution in [3.63, 3.8) is 0 Å². The molecule has 4 atom stereocenters. The van der Waals surface area contributed by atoms with E-state index in [0.29, 0.717) is 0 Å². The highest BCUT2D eigenvalue weighted by Gasteiger charge is 2.30. The summed E-state index contributed by atoms with van der Waals surface area (Å²) in [6, 6.07) is 0. The summed E-state index contributed by atoms with van der Waals surface area (Å²) in [6.07, 6.45) is -7.99. The smallest absolute Gasteiger partial charge is 0.183 e. The maximum atomic E-state index is 12.3. The average Bonchev–Trinajstić information content (AvgIpc) is 2.12. The molecule has 4 N–H and O–H groups in total. The van der Waals surface area contributed by atoms with E-state index >= 15 is 0 Å². The van der Waals surface area contributed by atoms with E-state index in [1.165, 1.54) is 0 Å². The number of carbonyl (C=O) groups is 1. The largest absolute Gasteiger partial charge is 0.394 e. The standard InChI is InChI=1S/C6H11FO5/c7-3(1-8)5(11)6(12)4(10)2-9/h1,3-6,9-12H,2H2/t3-,4+,5+,6+/m0/s1/i7-6. The van der Waals surface area contributed by atoms with Gasteiger partial charge >= 0.3 is 0 Å². The zero-order valence-electron chi connectivity index (χ0n) is 6.17. The maximum Gasteiger partial charge on any atom is 0.183 e. The molecule has 0 aliphatic rings. The Kier molecular flexibility index (Phi) is 4.91. The minimum absolute atomic E-state index is 0.196. The lowest BCUT2D eigenvalue weighted by Gasteiger charge is -2.21. The Balaban J connectivity index is 4.07. The fourth-order valence-electron chi connectivity index (χ4n) is 0.604. The van der Waals surface area contributed by atoms with Crippen molar-refractivity contribution >= 4 is 6.29 Å². The highest BCUT2D eigenvalue weighted by Crippen LogP contribution is 2.05. The molecule has 0 amide bonds. The number of aliphatic hydroxyl groups is 4. The van der Waals surface area contributed by atoms with Crippen molar-refractivity contribution in [1.82, 2.24) is 0 Å². The summed E-state index contributed by atoms with van der Waals surface area (Å²) in [5.41, 5.74) is 0. The van der Waals surface area contributed by atoms with E-state index < -0.39 is 31.1 Å². The second-order valence-corrected chi connectivity index (χ2v) is 2.31. The Hall–Kier alpha value is -0.560. The van der Waals surface area contributed by atoms with Crippen LogP contribution in [0.25, 0.3) is 0 Å². The van der Waals surface area contributed by atoms with Gasteiger partial charge in [-0.3, -0.25) is 0 Å². The number of aldehydes is 1. The van der Waals surface area contributed by atoms with Gasteiger partial charge in [0.15, 0.2) is 12.5 Å². The first kappa shape index (κ1) is 11.4. The lowest BCUT2D eigenvalue weighted by Crippen LogP contribution is -2.44. The summed E-state index contributed by atoms with van der Waals surface area (Å²) in [5.74, 6) is 0. The maximum absolute atomic E-state index is 12.3. The van der Waals surface area contributed by atoms with Crippen LogP contribution in [-0.2, 0) is 4.79 Å². The van der Waals surface area contributed by atoms with Crippen molar-refractivity contribution in [3.8, 4) is 0 Å². The molecule has 0 spiro atoms. The molecule has 72 valence electrons. The van der Waals surface area contributed by atoms with E-state index in [-0.39, 0.29) is 6.29 Å². The van der Waals surface area contributed by atoms with E-state index in [1.54, 1.807) is 0 Å². The van der Waals surface area contributed by atoms with Crippen LogP contribution in [0.5, 0.6) is 0 Å². The Morgan fingerprint density at radius 2 is 1.75 bits per heavy atom. The van der Waals surface area contributed by atoms with Crippen LogP contribution < -0.4 is 0 Å². The molecule has 0 saturated carbocycles. The van der Waals surface area contributed by atoms with E-state index in [9.17, 15) is 9.18 Å². The molecule has 5 nitrogen and oxygen atoms in total. The molecule has 6 heteroatoms. The quantitative estimate of drug-likeness (QED) is 0.350. The van der Waals surface area contributed by atoms with Gasteiger partial charge in [0.2, 0.25) is 0 Å². The number of carbonyl (C=O) groups excluding carboxylic acids is 1. The van der Waals surface area contributed by atoms with Crippen LogP contribution in [0.2, 0.25) is 0 Å². The second kappa shape index (κ2) is 5.15. The fourth-order valence-corrected chi connectivity index (χ4v) is 0.604. The highest BCUT2D eigenvalue weighted by atomic mass is 16.4. The molecule has 0 heterocycles. The second-order valence-electron chi connectivity index (χ2n) is 2.31. The number of hydrogen-bond donors (Lipinski definition) is 4. The summed E-state index contributed by atoms with van der Waals surface area (Å²) in [5, 5.41) is 34.6. The third-order valence-corrected chi connectivity index (χ3v) is 1.39. The van der Waals surface area contributed by atoms with E-state index in [4.69, 9.17) is 20.4 Å². The van der Waals surface area contributed by atoms with Crippen LogP contribution in [-0.4, -0.2) is 57.8 Å². The topological polar surface area (TPSA) is 98.0 Å². The minimum Gasteiger partial charge on any atom is -0.394 e. The first-order valence-corrected chi connectivity index (χ1v) is 3.29. The van der Waals surface area contributed by atoms with Gasteiger partial charge < -0.3 is 25.2 Å². The summed E-state index contributed by atoms with van der Waals surface area (Å²) in [4.78, 5) is 9.77. The molecule has 0 rings (SSSR count). The molecule has 0 bridgehead atoms. The molecule has 0 fully saturated rings. The predicted octanol–water partition coefficient (Wildman–Crippen LogP) is -2.40. The summed E-state index contributed by atoms with van der Waals surface area (Å²) >= 11 is 0. The van der Waals surface area contributed by atoms with Crippen LogP contribution in [0.4, 0.5) is 4.39 Å². The number of aliphatic hydroxyl groups excluding tert-OH is 4. The number of hydrogen-bond acceptors (Lipinski definition) is 5. The third kappa shape index (κ3) is 2.82. The van der Waals surface area contributed by atoms with E-state index in [1.807, 2.05) is 0 Å². The van der Waals surface area contributed by atoms with Crippen LogP contribution >= 0.6 is 0 Å². The Bertz CT molecular complexity index is 142. The van der Waals surface area contributed by atoms with Crippen molar-refractivity contribution in [3.05, 3.63) is 0 Å². The van der Waals surface area contributed by atoms with Gasteiger partial charge in [-0.05, 0) is 0 Å². The summed E-state index contributed by atoms with van der Waals surface area (Å²) in [7, 11) is 0. The van der Waals surface area contributed by atoms with Gasteiger partial charge in [0.05, 0.1) is 6.61 Å². The van der Waals surface area contributed by atoms with Crippen LogP contribution in [0.3, 0.4) is 0 Å². The molecular weight excluding hydrogens is 165 g/mol. The molecule has 0 radical (unpaired) electrons. The fraction of sp³-hybridized carbons (Fsp3) is 0.833. The van der Waals surface area contributed by atoms with Gasteiger partial charge in [0.25, 0.3) is 0 Å². The SMILES string of the molecule is O=C[C@H]([13F])[C@@H](O)[C@H](O)[C@H](O)CO. The predicted molar refractivity (Wildman–Crippen MR) is 36.1 cm³/mol. The van der Waals surface area contributed by atoms with E-state index in [0.717, 1.165) is 0 Å². The van der Waals surface area contributed by atoms with Crippen LogP contribution in [0.15, 0.2) is 0 Å². The van der Waals surface area contributed by atoms with Crippen molar-refractivity contribution in [2.75, 3.05) is 6.61 Å². The highest BCUT2D eigenvalue weighted by molar-refractivity contribution is 5.56. The van der Waals surface area contributed by atoms with Crippen molar-refractivity contribution in [2.45, 2.75) is 24.5 Å². The monoisotopic (exact) mass is 176 g/mol. The average molecular weight is 176 g/mol. The minimum atomic E-state index is -2.26. The lowest BCUT2D eigenvalue weighted by molar-refractivity contribution is -0.127. The molecule has 0 aliphatic heterocycles. The lowest BCUT2D eigenvalue weighted by atomic mass is 10.0. The van der Waals surface area contributed by atoms with Gasteiger partial charge in [-0.2, -0.15) is 0 Å². The normalized spacial score (nSPS) is 21.1. The molecule has 12 heavy (non-hydrogen) atoms. The van der Waals surface area contributed by atoms with Crippen molar-refractivity contribution in [2.24, 2.45) is 0 Å². The molecule has 0 aliphatic carbocycles. The van der Waals surface area contributed by atoms with E-state index in [2.05, 4.69) is 0 Å². The number of halogens is 1. The van der Waals surface area contributed by atoms with Gasteiger partial charge in [-0.15, -0.1) is 0 Å². The third-order valence-electron chi connectivity index (χ3n) is 1.39. The van der Waals surface area contributed by atoms with Crippen molar-refractivity contribution in [1.29, 1.82) is 0 Å². The molecular formula is C6H11FO5. The van der Waals surface area contributed by atoms with Crippen molar-refractivity contribution < 1.29 is 29.6 Å². The van der Waals surface area contributed by atoms with Gasteiger partial charge in [0.1, 0.15) is 18.3 Å². The number of alkyl halides is 1. The van der Waals surface area contributed by atoms with Gasteiger partial charge in [-0.25, -0.2) is 4.39 Å². The van der Waals surface area contributed by atoms with Gasteiger partial charge in [-0.1, -0.05) is 0 Å². The first-order valence-electron chi connectivity index (χ1n) is 3.29. The van der Waals surface area contributed by atoms with Crippen LogP contribution in [0.1, 0.15) is 0 Å². The summed E-state index contributed by atoms with van der Waals surface area (Å²) < 4.78 is 12.3. The zero-order chi connectivity index (χ0) is 9.72. The number of rotatable bonds is 5. The Morgan fingerprint density at radius 3 is 2.08 bits per heavy atom. The summed E-state index contributed by atoms with van der Waals surface area (Å²) in [6.45, 7) is -0.816. The Morgan fingerprint density at radius 1 is 1.25 bits per heavy atom. The Labute approximate surface area is 68.1 Å².